The van der Waals surface area contributed by atoms with Crippen LogP contribution in [0.5, 0.6) is 0 Å². The number of nitrogens with one attached hydrogen (secondary N) is 1. The maximum atomic E-state index is 14.6. The summed E-state index contributed by atoms with van der Waals surface area (Å²) in [7, 11) is -1.71. The molecule has 36 heavy (non-hydrogen) atoms. The van der Waals surface area contributed by atoms with E-state index in [1.807, 2.05) is 13.8 Å². The molecule has 0 heterocycles. The van der Waals surface area contributed by atoms with Crippen LogP contribution in [0.1, 0.15) is 32.8 Å². The minimum absolute atomic E-state index is 0.0696. The molecule has 2 aromatic rings. The molecule has 0 aromatic heterocycles. The highest BCUT2D eigenvalue weighted by atomic mass is 32.2. The molecule has 0 aliphatic heterocycles. The van der Waals surface area contributed by atoms with E-state index in [2.05, 4.69) is 5.32 Å². The second-order valence-electron chi connectivity index (χ2n) is 8.96. The number of hydrogen-bond donors (Lipinski definition) is 1. The summed E-state index contributed by atoms with van der Waals surface area (Å²) in [6.07, 6.45) is 0.247. The molecule has 0 spiro atoms. The highest BCUT2D eigenvalue weighted by molar-refractivity contribution is 7.90. The molecule has 0 aliphatic carbocycles. The van der Waals surface area contributed by atoms with Crippen LogP contribution < -0.4 is 9.62 Å². The molecule has 0 unspecified atom stereocenters. The van der Waals surface area contributed by atoms with Gasteiger partial charge in [0.25, 0.3) is 0 Å². The van der Waals surface area contributed by atoms with Gasteiger partial charge in [-0.1, -0.05) is 45.0 Å². The van der Waals surface area contributed by atoms with Gasteiger partial charge >= 0.3 is 10.2 Å². The predicted molar refractivity (Wildman–Crippen MR) is 135 cm³/mol. The number of nitrogens with zero attached hydrogens (tertiary/aromatic N) is 3. The molecule has 0 aliphatic rings. The number of carbonyl (C=O) groups excluding carboxylic acids is 2. The lowest BCUT2D eigenvalue weighted by atomic mass is 10.1. The van der Waals surface area contributed by atoms with Crippen LogP contribution in [-0.2, 0) is 26.3 Å². The lowest BCUT2D eigenvalue weighted by Crippen LogP contribution is -2.53. The number of halogens is 2. The lowest BCUT2D eigenvalue weighted by molar-refractivity contribution is -0.140. The highest BCUT2D eigenvalue weighted by Gasteiger charge is 2.34. The van der Waals surface area contributed by atoms with Gasteiger partial charge < -0.3 is 10.2 Å². The normalized spacial score (nSPS) is 12.5. The highest BCUT2D eigenvalue weighted by Crippen LogP contribution is 2.24. The zero-order valence-corrected chi connectivity index (χ0v) is 22.1. The molecule has 2 amide bonds. The fraction of sp³-hybridized carbons (Fsp3) is 0.440. The monoisotopic (exact) mass is 524 g/mol. The first-order chi connectivity index (χ1) is 16.9. The Labute approximate surface area is 212 Å². The van der Waals surface area contributed by atoms with Crippen molar-refractivity contribution in [2.45, 2.75) is 39.8 Å². The summed E-state index contributed by atoms with van der Waals surface area (Å²) >= 11 is 0. The summed E-state index contributed by atoms with van der Waals surface area (Å²) in [5.74, 6) is -2.20. The minimum Gasteiger partial charge on any atom is -0.354 e. The predicted octanol–water partition coefficient (Wildman–Crippen LogP) is 3.16. The molecule has 2 rings (SSSR count). The van der Waals surface area contributed by atoms with Gasteiger partial charge in [0.1, 0.15) is 24.2 Å². The smallest absolute Gasteiger partial charge is 0.304 e. The van der Waals surface area contributed by atoms with Gasteiger partial charge in [-0.25, -0.2) is 13.1 Å². The van der Waals surface area contributed by atoms with Crippen molar-refractivity contribution >= 4 is 27.7 Å². The van der Waals surface area contributed by atoms with Gasteiger partial charge in [-0.2, -0.15) is 12.7 Å². The summed E-state index contributed by atoms with van der Waals surface area (Å²) < 4.78 is 55.8. The van der Waals surface area contributed by atoms with E-state index in [1.165, 1.54) is 61.5 Å². The number of rotatable bonds is 12. The Morgan fingerprint density at radius 1 is 1.00 bits per heavy atom. The Hall–Kier alpha value is -3.05. The van der Waals surface area contributed by atoms with E-state index in [-0.39, 0.29) is 24.6 Å². The van der Waals surface area contributed by atoms with Crippen LogP contribution >= 0.6 is 0 Å². The Bertz CT molecular complexity index is 1140. The topological polar surface area (TPSA) is 90.0 Å². The zero-order valence-electron chi connectivity index (χ0n) is 21.2. The number of amides is 2. The molecule has 0 radical (unpaired) electrons. The van der Waals surface area contributed by atoms with Crippen LogP contribution in [0.4, 0.5) is 14.5 Å². The Kier molecular flexibility index (Phi) is 10.4. The van der Waals surface area contributed by atoms with Crippen molar-refractivity contribution in [3.8, 4) is 0 Å². The van der Waals surface area contributed by atoms with Crippen LogP contribution in [0.15, 0.2) is 48.5 Å². The number of benzene rings is 2. The molecular weight excluding hydrogens is 490 g/mol. The Balaban J connectivity index is 2.49. The van der Waals surface area contributed by atoms with E-state index in [0.717, 1.165) is 10.4 Å². The van der Waals surface area contributed by atoms with Crippen molar-refractivity contribution in [3.05, 3.63) is 65.7 Å². The number of para-hydroxylation sites is 1. The molecule has 1 N–H and O–H groups in total. The maximum Gasteiger partial charge on any atom is 0.304 e. The first-order valence-electron chi connectivity index (χ1n) is 11.6. The number of carbonyl (C=O) groups is 2. The van der Waals surface area contributed by atoms with Gasteiger partial charge in [-0.3, -0.25) is 9.59 Å². The van der Waals surface area contributed by atoms with Crippen molar-refractivity contribution < 1.29 is 26.8 Å². The first kappa shape index (κ1) is 29.2. The van der Waals surface area contributed by atoms with Gasteiger partial charge in [0.05, 0.1) is 5.69 Å². The van der Waals surface area contributed by atoms with Crippen LogP contribution in [-0.4, -0.2) is 62.7 Å². The van der Waals surface area contributed by atoms with Gasteiger partial charge in [-0.05, 0) is 42.2 Å². The summed E-state index contributed by atoms with van der Waals surface area (Å²) in [4.78, 5) is 27.9. The standard InChI is InChI=1S/C25H34F2N4O4S/c1-6-22(25(33)28-15-18(2)3)30(16-19-11-13-20(26)14-12-19)24(32)17-31(36(34,35)29(4)5)23-10-8-7-9-21(23)27/h7-14,18,22H,6,15-17H2,1-5H3,(H,28,33)/t22-/m0/s1. The first-order valence-corrected chi connectivity index (χ1v) is 13.0. The fourth-order valence-corrected chi connectivity index (χ4v) is 4.55. The molecule has 11 heteroatoms. The third-order valence-corrected chi connectivity index (χ3v) is 7.28. The van der Waals surface area contributed by atoms with Gasteiger partial charge in [0, 0.05) is 27.2 Å². The van der Waals surface area contributed by atoms with Crippen molar-refractivity contribution in [1.29, 1.82) is 0 Å². The second-order valence-corrected chi connectivity index (χ2v) is 11.0. The molecule has 1 atom stereocenters. The summed E-state index contributed by atoms with van der Waals surface area (Å²) in [6, 6.07) is 9.76. The van der Waals surface area contributed by atoms with Crippen LogP contribution in [0.25, 0.3) is 0 Å². The molecule has 198 valence electrons. The fourth-order valence-electron chi connectivity index (χ4n) is 3.48. The maximum absolute atomic E-state index is 14.6. The van der Waals surface area contributed by atoms with Crippen LogP contribution in [0, 0.1) is 17.6 Å². The van der Waals surface area contributed by atoms with Gasteiger partial charge in [0.2, 0.25) is 11.8 Å². The third kappa shape index (κ3) is 7.47. The third-order valence-electron chi connectivity index (χ3n) is 5.48. The van der Waals surface area contributed by atoms with E-state index in [9.17, 15) is 26.8 Å². The summed E-state index contributed by atoms with van der Waals surface area (Å²) in [5, 5.41) is 2.81. The summed E-state index contributed by atoms with van der Waals surface area (Å²) in [6.45, 7) is 5.18. The van der Waals surface area contributed by atoms with E-state index < -0.39 is 46.2 Å². The van der Waals surface area contributed by atoms with E-state index >= 15 is 0 Å². The SMILES string of the molecule is CC[C@@H](C(=O)NCC(C)C)N(Cc1ccc(F)cc1)C(=O)CN(c1ccccc1F)S(=O)(=O)N(C)C. The summed E-state index contributed by atoms with van der Waals surface area (Å²) in [5.41, 5.74) is 0.256. The Morgan fingerprint density at radius 3 is 2.14 bits per heavy atom. The quantitative estimate of drug-likeness (QED) is 0.462. The van der Waals surface area contributed by atoms with Crippen LogP contribution in [0.3, 0.4) is 0 Å². The van der Waals surface area contributed by atoms with Gasteiger partial charge in [0.15, 0.2) is 0 Å². The average Bonchev–Trinajstić information content (AvgIpc) is 2.82. The largest absolute Gasteiger partial charge is 0.354 e. The van der Waals surface area contributed by atoms with E-state index in [4.69, 9.17) is 0 Å². The Morgan fingerprint density at radius 2 is 1.61 bits per heavy atom. The van der Waals surface area contributed by atoms with Crippen LogP contribution in [0.2, 0.25) is 0 Å². The van der Waals surface area contributed by atoms with Gasteiger partial charge in [-0.15, -0.1) is 0 Å². The van der Waals surface area contributed by atoms with Crippen molar-refractivity contribution in [1.82, 2.24) is 14.5 Å². The number of hydrogen-bond acceptors (Lipinski definition) is 4. The van der Waals surface area contributed by atoms with Crippen molar-refractivity contribution in [2.24, 2.45) is 5.92 Å². The van der Waals surface area contributed by atoms with Crippen molar-refractivity contribution in [3.63, 3.8) is 0 Å². The molecule has 0 bridgehead atoms. The average molecular weight is 525 g/mol. The minimum atomic E-state index is -4.27. The molecule has 0 fully saturated rings. The van der Waals surface area contributed by atoms with Crippen molar-refractivity contribution in [2.75, 3.05) is 31.5 Å². The molecular formula is C25H34F2N4O4S. The molecule has 8 nitrogen and oxygen atoms in total. The molecule has 0 saturated heterocycles. The molecule has 0 saturated carbocycles. The van der Waals surface area contributed by atoms with E-state index in [1.54, 1.807) is 6.92 Å². The lowest BCUT2D eigenvalue weighted by Gasteiger charge is -2.34. The number of anilines is 1. The molecule has 2 aromatic carbocycles. The zero-order chi connectivity index (χ0) is 27.0. The van der Waals surface area contributed by atoms with E-state index in [0.29, 0.717) is 16.4 Å². The second kappa shape index (κ2) is 12.8.